The zero-order chi connectivity index (χ0) is 11.1. The van der Waals surface area contributed by atoms with Crippen LogP contribution < -0.4 is 0 Å². The molecule has 0 aliphatic rings. The third-order valence-electron chi connectivity index (χ3n) is 2.48. The maximum atomic E-state index is 4.13. The van der Waals surface area contributed by atoms with Gasteiger partial charge in [-0.25, -0.2) is 0 Å². The predicted molar refractivity (Wildman–Crippen MR) is 67.4 cm³/mol. The van der Waals surface area contributed by atoms with Crippen molar-refractivity contribution in [3.8, 4) is 0 Å². The van der Waals surface area contributed by atoms with Crippen LogP contribution in [0.1, 0.15) is 38.3 Å². The van der Waals surface area contributed by atoms with Crippen LogP contribution in [0, 0.1) is 5.92 Å². The molecule has 1 nitrogen and oxygen atoms in total. The van der Waals surface area contributed by atoms with Gasteiger partial charge in [-0.15, -0.1) is 0 Å². The number of rotatable bonds is 4. The van der Waals surface area contributed by atoms with Crippen molar-refractivity contribution in [2.45, 2.75) is 27.2 Å². The second-order valence-corrected chi connectivity index (χ2v) is 3.75. The van der Waals surface area contributed by atoms with E-state index in [0.717, 1.165) is 0 Å². The van der Waals surface area contributed by atoms with Crippen LogP contribution in [0.3, 0.4) is 0 Å². The van der Waals surface area contributed by atoms with Crippen molar-refractivity contribution in [1.29, 1.82) is 0 Å². The molecule has 1 atom stereocenters. The van der Waals surface area contributed by atoms with Crippen LogP contribution in [0.4, 0.5) is 0 Å². The smallest absolute Gasteiger partial charge is 0.0346 e. The molecule has 0 amide bonds. The lowest BCUT2D eigenvalue weighted by molar-refractivity contribution is 0.701. The number of aromatic nitrogens is 1. The van der Waals surface area contributed by atoms with Gasteiger partial charge in [0.2, 0.25) is 0 Å². The van der Waals surface area contributed by atoms with Crippen LogP contribution in [-0.2, 0) is 0 Å². The average Bonchev–Trinajstić information content (AvgIpc) is 2.28. The second kappa shape index (κ2) is 6.18. The standard InChI is InChI=1S/C14H19N/c1-4-6-14-11-15-10-9-13(14)8-7-12(3)5-2/h4,6-12H,5H2,1-3H3/b6-4-,8-7-. The minimum Gasteiger partial charge on any atom is -0.264 e. The summed E-state index contributed by atoms with van der Waals surface area (Å²) >= 11 is 0. The van der Waals surface area contributed by atoms with Crippen molar-refractivity contribution < 1.29 is 0 Å². The second-order valence-electron chi connectivity index (χ2n) is 3.75. The molecular formula is C14H19N. The maximum Gasteiger partial charge on any atom is 0.0346 e. The van der Waals surface area contributed by atoms with Gasteiger partial charge in [0.1, 0.15) is 0 Å². The minimum atomic E-state index is 0.636. The van der Waals surface area contributed by atoms with Gasteiger partial charge in [0.05, 0.1) is 0 Å². The first-order valence-corrected chi connectivity index (χ1v) is 5.52. The molecule has 1 heterocycles. The van der Waals surface area contributed by atoms with Gasteiger partial charge in [0.15, 0.2) is 0 Å². The summed E-state index contributed by atoms with van der Waals surface area (Å²) in [6.45, 7) is 6.45. The number of hydrogen-bond donors (Lipinski definition) is 0. The Labute approximate surface area is 92.6 Å². The first-order valence-electron chi connectivity index (χ1n) is 5.52. The molecule has 0 bridgehead atoms. The number of pyridine rings is 1. The molecule has 0 radical (unpaired) electrons. The molecule has 0 saturated carbocycles. The van der Waals surface area contributed by atoms with Crippen molar-refractivity contribution in [2.24, 2.45) is 5.92 Å². The molecule has 0 saturated heterocycles. The number of nitrogens with zero attached hydrogens (tertiary/aromatic N) is 1. The molecule has 0 aliphatic carbocycles. The molecule has 1 rings (SSSR count). The van der Waals surface area contributed by atoms with E-state index in [-0.39, 0.29) is 0 Å². The van der Waals surface area contributed by atoms with E-state index in [1.54, 1.807) is 0 Å². The Hall–Kier alpha value is -1.37. The third-order valence-corrected chi connectivity index (χ3v) is 2.48. The predicted octanol–water partition coefficient (Wildman–Crippen LogP) is 4.17. The van der Waals surface area contributed by atoms with Gasteiger partial charge in [0.25, 0.3) is 0 Å². The molecule has 1 unspecified atom stereocenters. The number of hydrogen-bond acceptors (Lipinski definition) is 1. The monoisotopic (exact) mass is 201 g/mol. The summed E-state index contributed by atoms with van der Waals surface area (Å²) in [7, 11) is 0. The van der Waals surface area contributed by atoms with Crippen LogP contribution in [-0.4, -0.2) is 4.98 Å². The van der Waals surface area contributed by atoms with Crippen molar-refractivity contribution in [2.75, 3.05) is 0 Å². The summed E-state index contributed by atoms with van der Waals surface area (Å²) in [4.78, 5) is 4.13. The largest absolute Gasteiger partial charge is 0.264 e. The quantitative estimate of drug-likeness (QED) is 0.712. The van der Waals surface area contributed by atoms with Gasteiger partial charge in [-0.05, 0) is 30.0 Å². The highest BCUT2D eigenvalue weighted by Gasteiger charge is 1.96. The normalized spacial score (nSPS) is 13.8. The van der Waals surface area contributed by atoms with Crippen molar-refractivity contribution in [3.63, 3.8) is 0 Å². The Kier molecular flexibility index (Phi) is 4.82. The summed E-state index contributed by atoms with van der Waals surface area (Å²) in [5.41, 5.74) is 2.42. The lowest BCUT2D eigenvalue weighted by atomic mass is 10.0. The van der Waals surface area contributed by atoms with E-state index in [0.29, 0.717) is 5.92 Å². The Balaban J connectivity index is 2.88. The summed E-state index contributed by atoms with van der Waals surface area (Å²) in [6.07, 6.45) is 13.5. The van der Waals surface area contributed by atoms with E-state index >= 15 is 0 Å². The average molecular weight is 201 g/mol. The molecule has 0 N–H and O–H groups in total. The van der Waals surface area contributed by atoms with Gasteiger partial charge in [-0.1, -0.05) is 44.6 Å². The molecule has 0 aromatic carbocycles. The molecular weight excluding hydrogens is 182 g/mol. The van der Waals surface area contributed by atoms with E-state index in [1.807, 2.05) is 31.5 Å². The maximum absolute atomic E-state index is 4.13. The van der Waals surface area contributed by atoms with Crippen LogP contribution in [0.2, 0.25) is 0 Å². The lowest BCUT2D eigenvalue weighted by Crippen LogP contribution is -1.86. The molecule has 1 aromatic heterocycles. The zero-order valence-electron chi connectivity index (χ0n) is 9.77. The lowest BCUT2D eigenvalue weighted by Gasteiger charge is -2.02. The van der Waals surface area contributed by atoms with Crippen LogP contribution in [0.15, 0.2) is 30.6 Å². The van der Waals surface area contributed by atoms with Gasteiger partial charge in [0, 0.05) is 12.4 Å². The highest BCUT2D eigenvalue weighted by atomic mass is 14.6. The van der Waals surface area contributed by atoms with E-state index < -0.39 is 0 Å². The van der Waals surface area contributed by atoms with Crippen molar-refractivity contribution >= 4 is 12.2 Å². The van der Waals surface area contributed by atoms with Crippen molar-refractivity contribution in [1.82, 2.24) is 4.98 Å². The van der Waals surface area contributed by atoms with E-state index in [9.17, 15) is 0 Å². The fraction of sp³-hybridized carbons (Fsp3) is 0.357. The van der Waals surface area contributed by atoms with Crippen LogP contribution in [0.25, 0.3) is 12.2 Å². The molecule has 1 heteroatoms. The van der Waals surface area contributed by atoms with E-state index in [4.69, 9.17) is 0 Å². The molecule has 0 fully saturated rings. The highest BCUT2D eigenvalue weighted by Crippen LogP contribution is 2.13. The van der Waals surface area contributed by atoms with E-state index in [2.05, 4.69) is 37.1 Å². The van der Waals surface area contributed by atoms with Crippen LogP contribution >= 0.6 is 0 Å². The van der Waals surface area contributed by atoms with Crippen LogP contribution in [0.5, 0.6) is 0 Å². The fourth-order valence-corrected chi connectivity index (χ4v) is 1.29. The van der Waals surface area contributed by atoms with Gasteiger partial charge >= 0.3 is 0 Å². The Morgan fingerprint density at radius 1 is 1.33 bits per heavy atom. The first kappa shape index (κ1) is 11.7. The summed E-state index contributed by atoms with van der Waals surface area (Å²) < 4.78 is 0. The Morgan fingerprint density at radius 3 is 2.80 bits per heavy atom. The SMILES string of the molecule is C/C=C\c1cnccc1/C=C\C(C)CC. The number of allylic oxidation sites excluding steroid dienone is 2. The van der Waals surface area contributed by atoms with Gasteiger partial charge < -0.3 is 0 Å². The molecule has 0 aliphatic heterocycles. The summed E-state index contributed by atoms with van der Waals surface area (Å²) in [5.74, 6) is 0.636. The Morgan fingerprint density at radius 2 is 2.13 bits per heavy atom. The zero-order valence-corrected chi connectivity index (χ0v) is 9.77. The highest BCUT2D eigenvalue weighted by molar-refractivity contribution is 5.64. The first-order chi connectivity index (χ1) is 7.27. The topological polar surface area (TPSA) is 12.9 Å². The van der Waals surface area contributed by atoms with Gasteiger partial charge in [-0.2, -0.15) is 0 Å². The third kappa shape index (κ3) is 3.70. The Bertz CT molecular complexity index is 350. The van der Waals surface area contributed by atoms with Crippen molar-refractivity contribution in [3.05, 3.63) is 41.7 Å². The fourth-order valence-electron chi connectivity index (χ4n) is 1.29. The molecule has 15 heavy (non-hydrogen) atoms. The van der Waals surface area contributed by atoms with E-state index in [1.165, 1.54) is 17.5 Å². The molecule has 1 aromatic rings. The molecule has 80 valence electrons. The summed E-state index contributed by atoms with van der Waals surface area (Å²) in [6, 6.07) is 2.05. The molecule has 0 spiro atoms. The minimum absolute atomic E-state index is 0.636. The summed E-state index contributed by atoms with van der Waals surface area (Å²) in [5, 5.41) is 0. The van der Waals surface area contributed by atoms with Gasteiger partial charge in [-0.3, -0.25) is 4.98 Å².